The summed E-state index contributed by atoms with van der Waals surface area (Å²) in [5.41, 5.74) is 14.3. The van der Waals surface area contributed by atoms with E-state index in [1.165, 1.54) is 0 Å². The van der Waals surface area contributed by atoms with E-state index in [9.17, 15) is 9.59 Å². The molecule has 1 aliphatic heterocycles. The minimum absolute atomic E-state index is 0.00248. The first-order chi connectivity index (χ1) is 20.0. The van der Waals surface area contributed by atoms with E-state index in [1.54, 1.807) is 23.1 Å². The molecule has 0 aliphatic carbocycles. The summed E-state index contributed by atoms with van der Waals surface area (Å²) < 4.78 is 1.66. The summed E-state index contributed by atoms with van der Waals surface area (Å²) in [5, 5.41) is 4.56. The van der Waals surface area contributed by atoms with Gasteiger partial charge in [0.05, 0.1) is 23.1 Å². The zero-order valence-corrected chi connectivity index (χ0v) is 22.9. The number of aryl methyl sites for hydroxylation is 1. The zero-order chi connectivity index (χ0) is 28.3. The van der Waals surface area contributed by atoms with Gasteiger partial charge in [0.1, 0.15) is 12.1 Å². The number of hydrogen-bond acceptors (Lipinski definition) is 7. The molecule has 1 fully saturated rings. The van der Waals surface area contributed by atoms with Gasteiger partial charge in [-0.05, 0) is 43.9 Å². The summed E-state index contributed by atoms with van der Waals surface area (Å²) >= 11 is 0. The van der Waals surface area contributed by atoms with Crippen LogP contribution in [-0.4, -0.2) is 54.7 Å². The molecule has 0 atom stereocenters. The Morgan fingerprint density at radius 1 is 1.02 bits per heavy atom. The lowest BCUT2D eigenvalue weighted by Gasteiger charge is -2.33. The molecular formula is C32H31N7O2. The van der Waals surface area contributed by atoms with Crippen molar-refractivity contribution in [3.05, 3.63) is 95.7 Å². The van der Waals surface area contributed by atoms with Crippen molar-refractivity contribution in [3.63, 3.8) is 0 Å². The molecule has 9 heteroatoms. The highest BCUT2D eigenvalue weighted by atomic mass is 16.2. The third-order valence-corrected chi connectivity index (χ3v) is 7.91. The second-order valence-electron chi connectivity index (χ2n) is 10.4. The van der Waals surface area contributed by atoms with Crippen molar-refractivity contribution in [1.29, 1.82) is 0 Å². The van der Waals surface area contributed by atoms with Gasteiger partial charge in [0, 0.05) is 66.3 Å². The maximum atomic E-state index is 13.2. The van der Waals surface area contributed by atoms with Crippen LogP contribution in [0.1, 0.15) is 52.4 Å². The van der Waals surface area contributed by atoms with Gasteiger partial charge in [0.2, 0.25) is 0 Å². The number of benzene rings is 1. The smallest absolute Gasteiger partial charge is 0.255 e. The zero-order valence-electron chi connectivity index (χ0n) is 22.9. The minimum atomic E-state index is 0.00248. The van der Waals surface area contributed by atoms with Gasteiger partial charge in [-0.15, -0.1) is 0 Å². The van der Waals surface area contributed by atoms with Crippen LogP contribution in [0.15, 0.2) is 73.3 Å². The lowest BCUT2D eigenvalue weighted by molar-refractivity contribution is -0.107. The fourth-order valence-electron chi connectivity index (χ4n) is 5.61. The Hall–Kier alpha value is -4.92. The number of nitrogen functional groups attached to an aromatic ring is 1. The highest BCUT2D eigenvalue weighted by molar-refractivity contribution is 5.95. The molecule has 6 rings (SSSR count). The Bertz CT molecular complexity index is 1710. The number of carbonyl (C=O) groups excluding carboxylic acids is 2. The summed E-state index contributed by atoms with van der Waals surface area (Å²) in [6.45, 7) is 3.14. The van der Waals surface area contributed by atoms with E-state index in [-0.39, 0.29) is 11.8 Å². The molecule has 206 valence electrons. The van der Waals surface area contributed by atoms with Gasteiger partial charge >= 0.3 is 0 Å². The summed E-state index contributed by atoms with van der Waals surface area (Å²) in [5.74, 6) is 0.600. The Labute approximate surface area is 238 Å². The van der Waals surface area contributed by atoms with Crippen molar-refractivity contribution in [3.8, 4) is 22.4 Å². The number of nitrogens with zero attached hydrogens (tertiary/aromatic N) is 6. The normalized spacial score (nSPS) is 13.9. The molecule has 0 saturated carbocycles. The van der Waals surface area contributed by atoms with E-state index >= 15 is 0 Å². The number of hydrogen-bond donors (Lipinski definition) is 1. The van der Waals surface area contributed by atoms with Crippen LogP contribution in [0.25, 0.3) is 28.0 Å². The third kappa shape index (κ3) is 5.06. The first-order valence-electron chi connectivity index (χ1n) is 13.9. The Morgan fingerprint density at radius 3 is 2.54 bits per heavy atom. The number of amides is 1. The minimum Gasteiger partial charge on any atom is -0.383 e. The number of anilines is 1. The molecular weight excluding hydrogens is 514 g/mol. The van der Waals surface area contributed by atoms with Crippen molar-refractivity contribution in [1.82, 2.24) is 29.5 Å². The van der Waals surface area contributed by atoms with E-state index in [0.717, 1.165) is 58.3 Å². The van der Waals surface area contributed by atoms with Crippen LogP contribution >= 0.6 is 0 Å². The second kappa shape index (κ2) is 11.3. The fraction of sp³-hybridized carbons (Fsp3) is 0.250. The second-order valence-corrected chi connectivity index (χ2v) is 10.4. The SMILES string of the molecule is Cc1ccncc1C(=O)N1CCC(c2nc3c(-c4ccc(-c5ccccc5)nc4)cnn3c(N)c2CCC=O)CC1. The molecule has 0 spiro atoms. The molecule has 2 N–H and O–H groups in total. The number of likely N-dealkylation sites (tertiary alicyclic amines) is 1. The number of aldehydes is 1. The number of nitrogens with two attached hydrogens (primary N) is 1. The summed E-state index contributed by atoms with van der Waals surface area (Å²) in [6, 6.07) is 15.9. The van der Waals surface area contributed by atoms with Crippen molar-refractivity contribution in [2.75, 3.05) is 18.8 Å². The van der Waals surface area contributed by atoms with Crippen LogP contribution in [-0.2, 0) is 11.2 Å². The van der Waals surface area contributed by atoms with Gasteiger partial charge < -0.3 is 15.4 Å². The van der Waals surface area contributed by atoms with Crippen LogP contribution in [0.2, 0.25) is 0 Å². The number of rotatable bonds is 7. The average Bonchev–Trinajstić information content (AvgIpc) is 3.45. The van der Waals surface area contributed by atoms with Gasteiger partial charge in [0.15, 0.2) is 5.65 Å². The summed E-state index contributed by atoms with van der Waals surface area (Å²) in [4.78, 5) is 40.3. The fourth-order valence-corrected chi connectivity index (χ4v) is 5.61. The molecule has 0 bridgehead atoms. The summed E-state index contributed by atoms with van der Waals surface area (Å²) in [6.07, 6.45) is 10.2. The predicted molar refractivity (Wildman–Crippen MR) is 157 cm³/mol. The monoisotopic (exact) mass is 545 g/mol. The van der Waals surface area contributed by atoms with Crippen molar-refractivity contribution in [2.45, 2.75) is 38.5 Å². The molecule has 5 heterocycles. The Kier molecular flexibility index (Phi) is 7.24. The molecule has 1 aliphatic rings. The largest absolute Gasteiger partial charge is 0.383 e. The molecule has 9 nitrogen and oxygen atoms in total. The van der Waals surface area contributed by atoms with Gasteiger partial charge in [-0.2, -0.15) is 9.61 Å². The van der Waals surface area contributed by atoms with Crippen molar-refractivity contribution < 1.29 is 9.59 Å². The number of fused-ring (bicyclic) bond motifs is 1. The van der Waals surface area contributed by atoms with Gasteiger partial charge in [-0.25, -0.2) is 4.98 Å². The van der Waals surface area contributed by atoms with E-state index < -0.39 is 0 Å². The van der Waals surface area contributed by atoms with Gasteiger partial charge in [-0.1, -0.05) is 36.4 Å². The molecule has 0 radical (unpaired) electrons. The molecule has 41 heavy (non-hydrogen) atoms. The van der Waals surface area contributed by atoms with E-state index in [4.69, 9.17) is 10.7 Å². The van der Waals surface area contributed by atoms with Crippen LogP contribution in [0.5, 0.6) is 0 Å². The molecule has 1 saturated heterocycles. The quantitative estimate of drug-likeness (QED) is 0.289. The molecule has 0 unspecified atom stereocenters. The average molecular weight is 546 g/mol. The maximum Gasteiger partial charge on any atom is 0.255 e. The first kappa shape index (κ1) is 26.3. The van der Waals surface area contributed by atoms with Crippen molar-refractivity contribution in [2.24, 2.45) is 0 Å². The van der Waals surface area contributed by atoms with Crippen LogP contribution in [0.3, 0.4) is 0 Å². The third-order valence-electron chi connectivity index (χ3n) is 7.91. The van der Waals surface area contributed by atoms with E-state index in [2.05, 4.69) is 15.1 Å². The number of aromatic nitrogens is 5. The van der Waals surface area contributed by atoms with Crippen LogP contribution in [0, 0.1) is 6.92 Å². The Balaban J connectivity index is 1.32. The Morgan fingerprint density at radius 2 is 1.83 bits per heavy atom. The molecule has 5 aromatic rings. The van der Waals surface area contributed by atoms with Gasteiger partial charge in [0.25, 0.3) is 5.91 Å². The van der Waals surface area contributed by atoms with Crippen LogP contribution < -0.4 is 5.73 Å². The lowest BCUT2D eigenvalue weighted by Crippen LogP contribution is -2.38. The highest BCUT2D eigenvalue weighted by Crippen LogP contribution is 2.35. The lowest BCUT2D eigenvalue weighted by atomic mass is 9.89. The maximum absolute atomic E-state index is 13.2. The standard InChI is InChI=1S/C32H31N7O2/c1-21-11-14-34-19-26(21)32(41)38-15-12-23(13-16-38)29-25(8-5-17-40)30(33)39-31(37-29)27(20-36-39)24-9-10-28(35-18-24)22-6-3-2-4-7-22/h2-4,6-7,9-11,14,17-20,23H,5,8,12-13,15-16,33H2,1H3. The van der Waals surface area contributed by atoms with Crippen LogP contribution in [0.4, 0.5) is 5.82 Å². The van der Waals surface area contributed by atoms with E-state index in [0.29, 0.717) is 43.0 Å². The van der Waals surface area contributed by atoms with Gasteiger partial charge in [-0.3, -0.25) is 14.8 Å². The van der Waals surface area contributed by atoms with E-state index in [1.807, 2.05) is 66.6 Å². The topological polar surface area (TPSA) is 119 Å². The first-order valence-corrected chi connectivity index (χ1v) is 13.9. The number of piperidine rings is 1. The van der Waals surface area contributed by atoms with Crippen molar-refractivity contribution >= 4 is 23.7 Å². The molecule has 1 amide bonds. The number of carbonyl (C=O) groups is 2. The summed E-state index contributed by atoms with van der Waals surface area (Å²) in [7, 11) is 0. The molecule has 4 aromatic heterocycles. The predicted octanol–water partition coefficient (Wildman–Crippen LogP) is 4.90. The highest BCUT2D eigenvalue weighted by Gasteiger charge is 2.29. The number of pyridine rings is 2. The molecule has 1 aromatic carbocycles.